The highest BCUT2D eigenvalue weighted by molar-refractivity contribution is 5.97. The van der Waals surface area contributed by atoms with Crippen LogP contribution in [0, 0.1) is 0 Å². The summed E-state index contributed by atoms with van der Waals surface area (Å²) in [5, 5.41) is 0.804. The summed E-state index contributed by atoms with van der Waals surface area (Å²) < 4.78 is 12.6. The number of carbonyl (C=O) groups excluding carboxylic acids is 1. The summed E-state index contributed by atoms with van der Waals surface area (Å²) in [4.78, 5) is 30.3. The van der Waals surface area contributed by atoms with E-state index in [-0.39, 0.29) is 17.6 Å². The summed E-state index contributed by atoms with van der Waals surface area (Å²) in [7, 11) is 0. The first-order chi connectivity index (χ1) is 13.5. The van der Waals surface area contributed by atoms with Gasteiger partial charge < -0.3 is 19.4 Å². The number of amides is 1. The number of ether oxygens (including phenoxy) is 2. The van der Waals surface area contributed by atoms with Crippen molar-refractivity contribution in [3.63, 3.8) is 0 Å². The summed E-state index contributed by atoms with van der Waals surface area (Å²) in [5.74, 6) is 0.660. The molecule has 0 bridgehead atoms. The van der Waals surface area contributed by atoms with Gasteiger partial charge in [-0.05, 0) is 50.2 Å². The normalized spacial score (nSPS) is 14.6. The second-order valence-corrected chi connectivity index (χ2v) is 7.06. The first-order valence-corrected chi connectivity index (χ1v) is 9.42. The van der Waals surface area contributed by atoms with Gasteiger partial charge in [-0.1, -0.05) is 0 Å². The van der Waals surface area contributed by atoms with E-state index in [1.807, 2.05) is 38.1 Å². The topological polar surface area (TPSA) is 76.6 Å². The number of nitrogens with zero attached hydrogens (tertiary/aromatic N) is 2. The lowest BCUT2D eigenvalue weighted by Gasteiger charge is -2.26. The number of rotatable bonds is 4. The molecule has 3 aromatic rings. The van der Waals surface area contributed by atoms with Crippen molar-refractivity contribution >= 4 is 16.9 Å². The van der Waals surface area contributed by atoms with Gasteiger partial charge in [0.2, 0.25) is 0 Å². The molecule has 2 aromatic heterocycles. The highest BCUT2D eigenvalue weighted by Gasteiger charge is 2.21. The average molecular weight is 381 g/mol. The summed E-state index contributed by atoms with van der Waals surface area (Å²) in [6, 6.07) is 12.4. The molecule has 0 spiro atoms. The van der Waals surface area contributed by atoms with Crippen molar-refractivity contribution in [2.75, 3.05) is 26.3 Å². The van der Waals surface area contributed by atoms with Crippen LogP contribution in [-0.2, 0) is 4.74 Å². The third-order valence-corrected chi connectivity index (χ3v) is 4.67. The zero-order chi connectivity index (χ0) is 19.7. The SMILES string of the molecule is CC(C)Oc1ccc(-n2c(=O)ccc3cc(C(=O)N4CCOCC4)[nH]c32)cc1. The minimum atomic E-state index is -0.169. The molecule has 1 N–H and O–H groups in total. The molecule has 7 nitrogen and oxygen atoms in total. The maximum absolute atomic E-state index is 12.8. The van der Waals surface area contributed by atoms with Crippen LogP contribution in [0.4, 0.5) is 0 Å². The molecular formula is C21H23N3O4. The Morgan fingerprint density at radius 1 is 1.11 bits per heavy atom. The molecular weight excluding hydrogens is 358 g/mol. The summed E-state index contributed by atoms with van der Waals surface area (Å²) in [6.07, 6.45) is 0.0779. The molecule has 1 aliphatic heterocycles. The molecule has 4 rings (SSSR count). The molecule has 1 fully saturated rings. The number of pyridine rings is 1. The molecule has 28 heavy (non-hydrogen) atoms. The predicted molar refractivity (Wildman–Crippen MR) is 106 cm³/mol. The van der Waals surface area contributed by atoms with Crippen LogP contribution in [0.2, 0.25) is 0 Å². The van der Waals surface area contributed by atoms with Gasteiger partial charge in [0.15, 0.2) is 0 Å². The third kappa shape index (κ3) is 3.53. The minimum Gasteiger partial charge on any atom is -0.491 e. The van der Waals surface area contributed by atoms with Crippen LogP contribution >= 0.6 is 0 Å². The number of benzene rings is 1. The first kappa shape index (κ1) is 18.3. The van der Waals surface area contributed by atoms with Gasteiger partial charge in [-0.2, -0.15) is 0 Å². The molecule has 3 heterocycles. The Balaban J connectivity index is 1.72. The Hall–Kier alpha value is -3.06. The number of aromatic amines is 1. The second-order valence-electron chi connectivity index (χ2n) is 7.06. The minimum absolute atomic E-state index is 0.0779. The number of morpholine rings is 1. The number of hydrogen-bond acceptors (Lipinski definition) is 4. The molecule has 1 aromatic carbocycles. The van der Waals surface area contributed by atoms with E-state index in [9.17, 15) is 9.59 Å². The Kier molecular flexibility index (Phi) is 4.92. The number of carbonyl (C=O) groups is 1. The zero-order valence-corrected chi connectivity index (χ0v) is 16.0. The Bertz CT molecular complexity index is 1040. The molecule has 146 valence electrons. The van der Waals surface area contributed by atoms with Crippen molar-refractivity contribution in [3.8, 4) is 11.4 Å². The smallest absolute Gasteiger partial charge is 0.270 e. The summed E-state index contributed by atoms with van der Waals surface area (Å²) in [6.45, 7) is 6.15. The van der Waals surface area contributed by atoms with Gasteiger partial charge in [-0.3, -0.25) is 14.2 Å². The van der Waals surface area contributed by atoms with Gasteiger partial charge in [0, 0.05) is 24.5 Å². The van der Waals surface area contributed by atoms with Crippen LogP contribution in [0.1, 0.15) is 24.3 Å². The van der Waals surface area contributed by atoms with Crippen molar-refractivity contribution < 1.29 is 14.3 Å². The van der Waals surface area contributed by atoms with Gasteiger partial charge in [0.25, 0.3) is 11.5 Å². The molecule has 7 heteroatoms. The quantitative estimate of drug-likeness (QED) is 0.754. The fourth-order valence-corrected chi connectivity index (χ4v) is 3.37. The van der Waals surface area contributed by atoms with E-state index >= 15 is 0 Å². The lowest BCUT2D eigenvalue weighted by Crippen LogP contribution is -2.40. The lowest BCUT2D eigenvalue weighted by atomic mass is 10.2. The van der Waals surface area contributed by atoms with E-state index < -0.39 is 0 Å². The van der Waals surface area contributed by atoms with E-state index in [4.69, 9.17) is 9.47 Å². The number of hydrogen-bond donors (Lipinski definition) is 1. The van der Waals surface area contributed by atoms with Gasteiger partial charge in [-0.15, -0.1) is 0 Å². The molecule has 1 aliphatic rings. The maximum Gasteiger partial charge on any atom is 0.270 e. The van der Waals surface area contributed by atoms with Crippen LogP contribution in [0.5, 0.6) is 5.75 Å². The average Bonchev–Trinajstić information content (AvgIpc) is 3.12. The van der Waals surface area contributed by atoms with E-state index in [0.717, 1.165) is 11.1 Å². The van der Waals surface area contributed by atoms with E-state index in [2.05, 4.69) is 4.98 Å². The molecule has 0 atom stereocenters. The van der Waals surface area contributed by atoms with Crippen LogP contribution < -0.4 is 10.3 Å². The number of H-pyrrole nitrogens is 1. The van der Waals surface area contributed by atoms with Crippen molar-refractivity contribution in [2.45, 2.75) is 20.0 Å². The Labute approximate surface area is 162 Å². The molecule has 1 amide bonds. The van der Waals surface area contributed by atoms with Gasteiger partial charge in [0.05, 0.1) is 25.0 Å². The Morgan fingerprint density at radius 3 is 2.50 bits per heavy atom. The van der Waals surface area contributed by atoms with E-state index in [1.165, 1.54) is 6.07 Å². The van der Waals surface area contributed by atoms with Crippen molar-refractivity contribution in [2.24, 2.45) is 0 Å². The van der Waals surface area contributed by atoms with Gasteiger partial charge >= 0.3 is 0 Å². The lowest BCUT2D eigenvalue weighted by molar-refractivity contribution is 0.0299. The molecule has 0 unspecified atom stereocenters. The van der Waals surface area contributed by atoms with E-state index in [1.54, 1.807) is 21.6 Å². The molecule has 0 aliphatic carbocycles. The third-order valence-electron chi connectivity index (χ3n) is 4.67. The van der Waals surface area contributed by atoms with Gasteiger partial charge in [-0.25, -0.2) is 0 Å². The fraction of sp³-hybridized carbons (Fsp3) is 0.333. The number of fused-ring (bicyclic) bond motifs is 1. The highest BCUT2D eigenvalue weighted by Crippen LogP contribution is 2.21. The Morgan fingerprint density at radius 2 is 1.82 bits per heavy atom. The second kappa shape index (κ2) is 7.52. The molecule has 0 saturated carbocycles. The van der Waals surface area contributed by atoms with Crippen LogP contribution in [-0.4, -0.2) is 52.8 Å². The standard InChI is InChI=1S/C21H23N3O4/c1-14(2)28-17-6-4-16(5-7-17)24-19(25)8-3-15-13-18(22-20(15)24)21(26)23-9-11-27-12-10-23/h3-8,13-14,22H,9-12H2,1-2H3. The first-order valence-electron chi connectivity index (χ1n) is 9.42. The fourth-order valence-electron chi connectivity index (χ4n) is 3.37. The zero-order valence-electron chi connectivity index (χ0n) is 16.0. The maximum atomic E-state index is 12.8. The van der Waals surface area contributed by atoms with Gasteiger partial charge in [0.1, 0.15) is 17.1 Å². The highest BCUT2D eigenvalue weighted by atomic mass is 16.5. The monoisotopic (exact) mass is 381 g/mol. The molecule has 0 radical (unpaired) electrons. The molecule has 1 saturated heterocycles. The van der Waals surface area contributed by atoms with Crippen molar-refractivity contribution in [1.29, 1.82) is 0 Å². The largest absolute Gasteiger partial charge is 0.491 e. The summed E-state index contributed by atoms with van der Waals surface area (Å²) >= 11 is 0. The number of nitrogens with one attached hydrogen (secondary N) is 1. The van der Waals surface area contributed by atoms with E-state index in [0.29, 0.717) is 43.3 Å². The van der Waals surface area contributed by atoms with Crippen molar-refractivity contribution in [3.05, 3.63) is 58.5 Å². The van der Waals surface area contributed by atoms with Crippen LogP contribution in [0.15, 0.2) is 47.3 Å². The van der Waals surface area contributed by atoms with Crippen molar-refractivity contribution in [1.82, 2.24) is 14.5 Å². The predicted octanol–water partition coefficient (Wildman–Crippen LogP) is 2.58. The number of aromatic nitrogens is 2. The van der Waals surface area contributed by atoms with Crippen LogP contribution in [0.3, 0.4) is 0 Å². The van der Waals surface area contributed by atoms with Crippen LogP contribution in [0.25, 0.3) is 16.7 Å². The summed E-state index contributed by atoms with van der Waals surface area (Å²) in [5.41, 5.74) is 1.61.